The number of carbonyl (C=O) groups is 1. The van der Waals surface area contributed by atoms with Crippen LogP contribution in [0.1, 0.15) is 32.7 Å². The highest BCUT2D eigenvalue weighted by molar-refractivity contribution is 6.22. The summed E-state index contributed by atoms with van der Waals surface area (Å²) in [6.45, 7) is 2.81. The largest absolute Gasteiger partial charge is 0.494 e. The van der Waals surface area contributed by atoms with Crippen molar-refractivity contribution >= 4 is 28.3 Å². The Bertz CT molecular complexity index is 1650. The van der Waals surface area contributed by atoms with Crippen LogP contribution in [-0.4, -0.2) is 57.4 Å². The smallest absolute Gasteiger partial charge is 0.337 e. The number of carbonyl (C=O) groups excluding carboxylic acids is 1. The number of esters is 1. The molecule has 8 nitrogen and oxygen atoms in total. The number of nitrogens with zero attached hydrogens (tertiary/aromatic N) is 4. The van der Waals surface area contributed by atoms with Gasteiger partial charge in [-0.1, -0.05) is 36.4 Å². The van der Waals surface area contributed by atoms with Gasteiger partial charge in [0.05, 0.1) is 35.8 Å². The number of nitrogens with one attached hydrogen (secondary N) is 1. The number of hydrogen-bond donors (Lipinski definition) is 2. The average Bonchev–Trinajstić information content (AvgIpc) is 3.49. The number of pyridine rings is 1. The molecule has 0 saturated heterocycles. The van der Waals surface area contributed by atoms with Crippen molar-refractivity contribution in [3.63, 3.8) is 0 Å². The number of aliphatic imine (C=N–C) groups is 1. The normalized spacial score (nSPS) is 11.9. The molecule has 0 amide bonds. The number of hydrogen-bond acceptors (Lipinski definition) is 6. The second-order valence-electron chi connectivity index (χ2n) is 9.37. The van der Waals surface area contributed by atoms with Crippen LogP contribution in [0.15, 0.2) is 84.1 Å². The molecule has 0 aliphatic rings. The first-order valence-corrected chi connectivity index (χ1v) is 12.2. The first-order chi connectivity index (χ1) is 18.4. The van der Waals surface area contributed by atoms with Crippen LogP contribution in [0.3, 0.4) is 0 Å². The first-order valence-electron chi connectivity index (χ1n) is 12.2. The van der Waals surface area contributed by atoms with Crippen molar-refractivity contribution in [1.29, 1.82) is 0 Å². The van der Waals surface area contributed by atoms with Gasteiger partial charge in [-0.05, 0) is 56.9 Å². The fourth-order valence-corrected chi connectivity index (χ4v) is 4.60. The molecule has 38 heavy (non-hydrogen) atoms. The Balaban J connectivity index is 1.62. The number of benzene rings is 2. The first kappa shape index (κ1) is 25.0. The minimum atomic E-state index is -0.447. The van der Waals surface area contributed by atoms with Crippen LogP contribution in [0.25, 0.3) is 16.7 Å². The van der Waals surface area contributed by atoms with Crippen LogP contribution in [0.4, 0.5) is 5.69 Å². The zero-order valence-electron chi connectivity index (χ0n) is 21.8. The molecule has 5 rings (SSSR count). The van der Waals surface area contributed by atoms with Crippen molar-refractivity contribution in [1.82, 2.24) is 19.4 Å². The third kappa shape index (κ3) is 4.81. The minimum Gasteiger partial charge on any atom is -0.494 e. The Morgan fingerprint density at radius 2 is 1.87 bits per heavy atom. The number of methoxy groups -OCH3 is 1. The van der Waals surface area contributed by atoms with Crippen molar-refractivity contribution in [3.8, 4) is 11.7 Å². The summed E-state index contributed by atoms with van der Waals surface area (Å²) in [5.41, 5.74) is 5.73. The Hall–Kier alpha value is -4.69. The summed E-state index contributed by atoms with van der Waals surface area (Å²) < 4.78 is 6.93. The van der Waals surface area contributed by atoms with E-state index in [1.165, 1.54) is 7.11 Å². The summed E-state index contributed by atoms with van der Waals surface area (Å²) in [6, 6.07) is 20.9. The molecule has 5 aromatic rings. The molecule has 0 fully saturated rings. The molecule has 8 heteroatoms. The van der Waals surface area contributed by atoms with E-state index in [2.05, 4.69) is 20.5 Å². The van der Waals surface area contributed by atoms with Gasteiger partial charge in [-0.25, -0.2) is 14.8 Å². The van der Waals surface area contributed by atoms with Crippen LogP contribution in [0, 0.1) is 6.92 Å². The molecule has 192 valence electrons. The van der Waals surface area contributed by atoms with Crippen LogP contribution < -0.4 is 0 Å². The third-order valence-electron chi connectivity index (χ3n) is 6.30. The fraction of sp³-hybridized carbons (Fsp3) is 0.167. The Kier molecular flexibility index (Phi) is 6.81. The molecule has 0 aliphatic heterocycles. The van der Waals surface area contributed by atoms with Gasteiger partial charge in [0.1, 0.15) is 5.82 Å². The second kappa shape index (κ2) is 10.4. The van der Waals surface area contributed by atoms with Crippen LogP contribution >= 0.6 is 0 Å². The SMILES string of the molecule is COC(=O)c1ccc2c(C(=Nc3cnc(-n4cccc4CN(C)C)c(C)c3)c3ccccc3)c(O)[nH]c2c1. The van der Waals surface area contributed by atoms with Gasteiger partial charge in [0.15, 0.2) is 5.88 Å². The van der Waals surface area contributed by atoms with E-state index in [1.54, 1.807) is 24.4 Å². The Labute approximate surface area is 220 Å². The van der Waals surface area contributed by atoms with E-state index >= 15 is 0 Å². The summed E-state index contributed by atoms with van der Waals surface area (Å²) >= 11 is 0. The Morgan fingerprint density at radius 3 is 2.58 bits per heavy atom. The molecule has 2 N–H and O–H groups in total. The van der Waals surface area contributed by atoms with E-state index in [9.17, 15) is 9.90 Å². The molecule has 0 aliphatic carbocycles. The molecule has 0 spiro atoms. The molecular weight excluding hydrogens is 478 g/mol. The highest BCUT2D eigenvalue weighted by Crippen LogP contribution is 2.32. The molecule has 2 aromatic carbocycles. The van der Waals surface area contributed by atoms with Gasteiger partial charge in [-0.3, -0.25) is 0 Å². The van der Waals surface area contributed by atoms with E-state index in [0.717, 1.165) is 34.6 Å². The topological polar surface area (TPSA) is 95.7 Å². The van der Waals surface area contributed by atoms with E-state index in [-0.39, 0.29) is 5.88 Å². The number of aryl methyl sites for hydroxylation is 1. The number of ether oxygens (including phenoxy) is 1. The van der Waals surface area contributed by atoms with E-state index in [0.29, 0.717) is 28.0 Å². The molecule has 0 bridgehead atoms. The zero-order chi connectivity index (χ0) is 26.8. The molecule has 0 unspecified atom stereocenters. The van der Waals surface area contributed by atoms with Gasteiger partial charge in [0.25, 0.3) is 0 Å². The molecule has 0 atom stereocenters. The lowest BCUT2D eigenvalue weighted by molar-refractivity contribution is 0.0601. The molecule has 0 saturated carbocycles. The van der Waals surface area contributed by atoms with E-state index < -0.39 is 5.97 Å². The lowest BCUT2D eigenvalue weighted by Crippen LogP contribution is -2.14. The molecule has 3 heterocycles. The zero-order valence-corrected chi connectivity index (χ0v) is 21.8. The molecular formula is C30H29N5O3. The predicted octanol–water partition coefficient (Wildman–Crippen LogP) is 5.38. The van der Waals surface area contributed by atoms with Crippen molar-refractivity contribution in [2.45, 2.75) is 13.5 Å². The van der Waals surface area contributed by atoms with Gasteiger partial charge in [0.2, 0.25) is 0 Å². The van der Waals surface area contributed by atoms with Gasteiger partial charge in [-0.2, -0.15) is 0 Å². The highest BCUT2D eigenvalue weighted by atomic mass is 16.5. The number of aromatic nitrogens is 3. The summed E-state index contributed by atoms with van der Waals surface area (Å²) in [5, 5.41) is 11.7. The summed E-state index contributed by atoms with van der Waals surface area (Å²) in [4.78, 5) is 26.9. The van der Waals surface area contributed by atoms with Crippen LogP contribution in [0.2, 0.25) is 0 Å². The number of H-pyrrole nitrogens is 1. The Morgan fingerprint density at radius 1 is 1.08 bits per heavy atom. The summed E-state index contributed by atoms with van der Waals surface area (Å²) in [5.74, 6) is 0.362. The third-order valence-corrected chi connectivity index (χ3v) is 6.30. The fourth-order valence-electron chi connectivity index (χ4n) is 4.60. The monoisotopic (exact) mass is 507 g/mol. The van der Waals surface area contributed by atoms with Gasteiger partial charge < -0.3 is 24.3 Å². The number of aromatic hydroxyl groups is 1. The average molecular weight is 508 g/mol. The maximum atomic E-state index is 12.0. The van der Waals surface area contributed by atoms with Crippen molar-refractivity contribution in [2.24, 2.45) is 4.99 Å². The molecule has 3 aromatic heterocycles. The lowest BCUT2D eigenvalue weighted by atomic mass is 10.00. The number of rotatable bonds is 7. The van der Waals surface area contributed by atoms with Gasteiger partial charge in [0, 0.05) is 34.9 Å². The van der Waals surface area contributed by atoms with Gasteiger partial charge >= 0.3 is 5.97 Å². The van der Waals surface area contributed by atoms with E-state index in [1.807, 2.05) is 69.7 Å². The van der Waals surface area contributed by atoms with Crippen molar-refractivity contribution in [2.75, 3.05) is 21.2 Å². The second-order valence-corrected chi connectivity index (χ2v) is 9.37. The predicted molar refractivity (Wildman–Crippen MR) is 149 cm³/mol. The quantitative estimate of drug-likeness (QED) is 0.228. The molecule has 0 radical (unpaired) electrons. The maximum Gasteiger partial charge on any atom is 0.337 e. The van der Waals surface area contributed by atoms with Crippen molar-refractivity contribution in [3.05, 3.63) is 107 Å². The number of aromatic amines is 1. The standard InChI is InChI=1S/C30H29N5O3/c1-19-15-22(17-31-28(19)35-14-8-11-23(35)18-34(2)3)32-27(20-9-6-5-7-10-20)26-24-13-12-21(30(37)38-4)16-25(24)33-29(26)36/h5-17,33,36H,18H2,1-4H3. The number of fused-ring (bicyclic) bond motifs is 1. The summed E-state index contributed by atoms with van der Waals surface area (Å²) in [6.07, 6.45) is 3.75. The highest BCUT2D eigenvalue weighted by Gasteiger charge is 2.20. The van der Waals surface area contributed by atoms with Gasteiger partial charge in [-0.15, -0.1) is 0 Å². The minimum absolute atomic E-state index is 0.0356. The van der Waals surface area contributed by atoms with Crippen LogP contribution in [-0.2, 0) is 11.3 Å². The summed E-state index contributed by atoms with van der Waals surface area (Å²) in [7, 11) is 5.42. The van der Waals surface area contributed by atoms with Crippen LogP contribution in [0.5, 0.6) is 5.88 Å². The maximum absolute atomic E-state index is 12.0. The van der Waals surface area contributed by atoms with E-state index in [4.69, 9.17) is 14.7 Å². The lowest BCUT2D eigenvalue weighted by Gasteiger charge is -2.15. The van der Waals surface area contributed by atoms with Crippen molar-refractivity contribution < 1.29 is 14.6 Å².